The van der Waals surface area contributed by atoms with E-state index in [0.717, 1.165) is 24.8 Å². The Kier molecular flexibility index (Phi) is 10.6. The number of amides is 1. The quantitative estimate of drug-likeness (QED) is 0.424. The van der Waals surface area contributed by atoms with Gasteiger partial charge in [-0.15, -0.1) is 0 Å². The number of carbonyl (C=O) groups is 1. The number of hydrogen-bond donors (Lipinski definition) is 1. The van der Waals surface area contributed by atoms with E-state index in [4.69, 9.17) is 4.74 Å². The lowest BCUT2D eigenvalue weighted by atomic mass is 9.76. The average molecular weight is 556 g/mol. The minimum atomic E-state index is -3.54. The summed E-state index contributed by atoms with van der Waals surface area (Å²) in [4.78, 5) is 15.2. The van der Waals surface area contributed by atoms with Gasteiger partial charge in [-0.05, 0) is 95.5 Å². The van der Waals surface area contributed by atoms with Crippen molar-refractivity contribution in [3.05, 3.63) is 65.7 Å². The molecule has 0 radical (unpaired) electrons. The van der Waals surface area contributed by atoms with Gasteiger partial charge in [0, 0.05) is 25.7 Å². The van der Waals surface area contributed by atoms with Gasteiger partial charge < -0.3 is 15.0 Å². The lowest BCUT2D eigenvalue weighted by molar-refractivity contribution is -0.127. The molecule has 2 aromatic carbocycles. The van der Waals surface area contributed by atoms with Crippen LogP contribution in [0.5, 0.6) is 0 Å². The molecule has 1 N–H and O–H groups in total. The molecule has 0 aromatic heterocycles. The van der Waals surface area contributed by atoms with Crippen LogP contribution in [0.15, 0.2) is 59.5 Å². The van der Waals surface area contributed by atoms with E-state index in [1.807, 2.05) is 6.92 Å². The van der Waals surface area contributed by atoms with Crippen LogP contribution in [0.2, 0.25) is 0 Å². The van der Waals surface area contributed by atoms with Crippen molar-refractivity contribution in [1.82, 2.24) is 14.5 Å². The normalized spacial score (nSPS) is 23.1. The summed E-state index contributed by atoms with van der Waals surface area (Å²) >= 11 is 0. The van der Waals surface area contributed by atoms with Crippen LogP contribution >= 0.6 is 0 Å². The third-order valence-electron chi connectivity index (χ3n) is 8.47. The van der Waals surface area contributed by atoms with Crippen molar-refractivity contribution in [3.63, 3.8) is 0 Å². The molecule has 0 bridgehead atoms. The Morgan fingerprint density at radius 1 is 1.03 bits per heavy atom. The first-order valence-corrected chi connectivity index (χ1v) is 15.8. The zero-order valence-electron chi connectivity index (χ0n) is 23.7. The van der Waals surface area contributed by atoms with Crippen molar-refractivity contribution >= 4 is 15.9 Å². The minimum Gasteiger partial charge on any atom is -0.367 e. The van der Waals surface area contributed by atoms with Crippen LogP contribution < -0.4 is 5.32 Å². The van der Waals surface area contributed by atoms with Crippen LogP contribution in [0.25, 0.3) is 0 Å². The van der Waals surface area contributed by atoms with Gasteiger partial charge in [-0.3, -0.25) is 4.79 Å². The van der Waals surface area contributed by atoms with Crippen molar-refractivity contribution in [2.45, 2.75) is 68.9 Å². The zero-order chi connectivity index (χ0) is 27.8. The second-order valence-corrected chi connectivity index (χ2v) is 13.5. The van der Waals surface area contributed by atoms with Crippen LogP contribution in [0.4, 0.5) is 0 Å². The van der Waals surface area contributed by atoms with Crippen LogP contribution in [0.3, 0.4) is 0 Å². The second kappa shape index (κ2) is 13.9. The molecule has 2 fully saturated rings. The smallest absolute Gasteiger partial charge is 0.246 e. The summed E-state index contributed by atoms with van der Waals surface area (Å²) in [6.07, 6.45) is 7.28. The Morgan fingerprint density at radius 3 is 2.38 bits per heavy atom. The van der Waals surface area contributed by atoms with Gasteiger partial charge in [0.1, 0.15) is 6.61 Å². The first kappa shape index (κ1) is 29.7. The number of ether oxygens (including phenoxy) is 1. The first-order valence-electron chi connectivity index (χ1n) is 14.4. The van der Waals surface area contributed by atoms with E-state index in [-0.39, 0.29) is 25.2 Å². The molecule has 1 amide bonds. The van der Waals surface area contributed by atoms with E-state index in [9.17, 15) is 13.2 Å². The van der Waals surface area contributed by atoms with Crippen LogP contribution in [0.1, 0.15) is 49.7 Å². The first-order chi connectivity index (χ1) is 18.7. The molecule has 1 saturated carbocycles. The predicted molar refractivity (Wildman–Crippen MR) is 155 cm³/mol. The predicted octanol–water partition coefficient (Wildman–Crippen LogP) is 4.26. The van der Waals surface area contributed by atoms with E-state index in [0.29, 0.717) is 42.3 Å². The molecule has 39 heavy (non-hydrogen) atoms. The lowest BCUT2D eigenvalue weighted by Crippen LogP contribution is -2.40. The number of nitrogens with one attached hydrogen (secondary N) is 1. The maximum absolute atomic E-state index is 12.9. The highest BCUT2D eigenvalue weighted by atomic mass is 32.2. The third-order valence-corrected chi connectivity index (χ3v) is 10.4. The van der Waals surface area contributed by atoms with Gasteiger partial charge in [-0.1, -0.05) is 48.0 Å². The molecule has 2 atom stereocenters. The van der Waals surface area contributed by atoms with Gasteiger partial charge in [-0.25, -0.2) is 8.42 Å². The van der Waals surface area contributed by atoms with Crippen molar-refractivity contribution < 1.29 is 17.9 Å². The van der Waals surface area contributed by atoms with E-state index < -0.39 is 10.0 Å². The number of carbonyl (C=O) groups excluding carboxylic acids is 1. The Bertz CT molecular complexity index is 1150. The molecular formula is C31H45N3O4S. The number of rotatable bonds is 12. The molecule has 1 heterocycles. The van der Waals surface area contributed by atoms with Crippen molar-refractivity contribution in [2.75, 3.05) is 40.3 Å². The summed E-state index contributed by atoms with van der Waals surface area (Å²) in [6.45, 7) is 3.28. The van der Waals surface area contributed by atoms with E-state index in [1.165, 1.54) is 29.1 Å². The number of hydrogen-bond acceptors (Lipinski definition) is 5. The fourth-order valence-electron chi connectivity index (χ4n) is 6.07. The van der Waals surface area contributed by atoms with E-state index >= 15 is 0 Å². The Morgan fingerprint density at radius 2 is 1.72 bits per heavy atom. The molecule has 2 unspecified atom stereocenters. The standard InChI is InChI=1S/C31H45N3O4S/c1-24-9-16-29(17-10-24)39(36,37)34-20-19-28(22-34)38-23-31(35)32-21-26-11-14-27(15-12-26)30(33(2)3)18-13-25-7-5-4-6-8-25/h4-10,16-17,26-28,30H,11-15,18-23H2,1-3H3,(H,32,35). The Hall–Kier alpha value is -2.26. The summed E-state index contributed by atoms with van der Waals surface area (Å²) in [6, 6.07) is 18.2. The summed E-state index contributed by atoms with van der Waals surface area (Å²) in [5, 5.41) is 3.06. The van der Waals surface area contributed by atoms with Gasteiger partial charge in [0.2, 0.25) is 15.9 Å². The maximum atomic E-state index is 12.9. The monoisotopic (exact) mass is 555 g/mol. The van der Waals surface area contributed by atoms with E-state index in [2.05, 4.69) is 54.6 Å². The number of aryl methyl sites for hydroxylation is 2. The van der Waals surface area contributed by atoms with E-state index in [1.54, 1.807) is 24.3 Å². The summed E-state index contributed by atoms with van der Waals surface area (Å²) < 4.78 is 33.1. The van der Waals surface area contributed by atoms with Gasteiger partial charge in [0.15, 0.2) is 0 Å². The van der Waals surface area contributed by atoms with Crippen molar-refractivity contribution in [1.29, 1.82) is 0 Å². The molecule has 1 aliphatic carbocycles. The molecular weight excluding hydrogens is 510 g/mol. The molecule has 1 saturated heterocycles. The van der Waals surface area contributed by atoms with Gasteiger partial charge in [0.25, 0.3) is 0 Å². The van der Waals surface area contributed by atoms with Gasteiger partial charge in [-0.2, -0.15) is 4.31 Å². The Labute approximate surface area is 235 Å². The molecule has 1 aliphatic heterocycles. The fourth-order valence-corrected chi connectivity index (χ4v) is 7.55. The second-order valence-electron chi connectivity index (χ2n) is 11.5. The van der Waals surface area contributed by atoms with Crippen molar-refractivity contribution in [2.24, 2.45) is 11.8 Å². The number of sulfonamides is 1. The molecule has 214 valence electrons. The third kappa shape index (κ3) is 8.37. The van der Waals surface area contributed by atoms with Crippen LogP contribution in [-0.4, -0.2) is 76.0 Å². The van der Waals surface area contributed by atoms with Gasteiger partial charge >= 0.3 is 0 Å². The van der Waals surface area contributed by atoms with Crippen molar-refractivity contribution in [3.8, 4) is 0 Å². The SMILES string of the molecule is Cc1ccc(S(=O)(=O)N2CCC(OCC(=O)NCC3CCC(C(CCc4ccccc4)N(C)C)CC3)C2)cc1. The molecule has 4 rings (SSSR count). The largest absolute Gasteiger partial charge is 0.367 e. The summed E-state index contributed by atoms with van der Waals surface area (Å²) in [5.74, 6) is 1.08. The van der Waals surface area contributed by atoms with Crippen LogP contribution in [0, 0.1) is 18.8 Å². The summed E-state index contributed by atoms with van der Waals surface area (Å²) in [7, 11) is 0.860. The van der Waals surface area contributed by atoms with Gasteiger partial charge in [0.05, 0.1) is 11.0 Å². The topological polar surface area (TPSA) is 78.9 Å². The minimum absolute atomic E-state index is 0.0272. The number of nitrogens with zero attached hydrogens (tertiary/aromatic N) is 2. The molecule has 8 heteroatoms. The highest BCUT2D eigenvalue weighted by Gasteiger charge is 2.33. The molecule has 7 nitrogen and oxygen atoms in total. The number of benzene rings is 2. The highest BCUT2D eigenvalue weighted by Crippen LogP contribution is 2.33. The summed E-state index contributed by atoms with van der Waals surface area (Å²) in [5.41, 5.74) is 2.42. The average Bonchev–Trinajstić information content (AvgIpc) is 3.42. The molecule has 2 aromatic rings. The highest BCUT2D eigenvalue weighted by molar-refractivity contribution is 7.89. The maximum Gasteiger partial charge on any atom is 0.246 e. The Balaban J connectivity index is 1.14. The fraction of sp³-hybridized carbons (Fsp3) is 0.581. The van der Waals surface area contributed by atoms with Crippen LogP contribution in [-0.2, 0) is 26.0 Å². The molecule has 0 spiro atoms. The molecule has 2 aliphatic rings. The zero-order valence-corrected chi connectivity index (χ0v) is 24.5. The lowest BCUT2D eigenvalue weighted by Gasteiger charge is -2.37.